The summed E-state index contributed by atoms with van der Waals surface area (Å²) in [6.45, 7) is 5.42. The molecular formula is C19H23FN2O2. The van der Waals surface area contributed by atoms with E-state index in [4.69, 9.17) is 9.15 Å². The molecule has 2 atom stereocenters. The van der Waals surface area contributed by atoms with Crippen molar-refractivity contribution in [3.8, 4) is 0 Å². The zero-order valence-corrected chi connectivity index (χ0v) is 13.9. The SMILES string of the molecule is Cc1ccc(CN2CC[C@]3(C[C@H](Nc4cccc(F)c4)CO3)C2)o1. The van der Waals surface area contributed by atoms with Crippen LogP contribution in [-0.4, -0.2) is 36.2 Å². The number of benzene rings is 1. The molecule has 0 saturated carbocycles. The third-order valence-electron chi connectivity index (χ3n) is 4.98. The molecule has 2 aromatic rings. The molecule has 2 saturated heterocycles. The molecule has 2 aliphatic rings. The second-order valence-corrected chi connectivity index (χ2v) is 7.02. The van der Waals surface area contributed by atoms with Crippen molar-refractivity contribution in [3.63, 3.8) is 0 Å². The molecule has 4 rings (SSSR count). The van der Waals surface area contributed by atoms with Gasteiger partial charge in [-0.05, 0) is 43.7 Å². The van der Waals surface area contributed by atoms with Crippen LogP contribution in [0.3, 0.4) is 0 Å². The average molecular weight is 330 g/mol. The molecule has 4 nitrogen and oxygen atoms in total. The number of hydrogen-bond donors (Lipinski definition) is 1. The molecule has 0 amide bonds. The summed E-state index contributed by atoms with van der Waals surface area (Å²) in [6, 6.07) is 10.9. The lowest BCUT2D eigenvalue weighted by Crippen LogP contribution is -2.33. The van der Waals surface area contributed by atoms with Gasteiger partial charge >= 0.3 is 0 Å². The summed E-state index contributed by atoms with van der Waals surface area (Å²) in [7, 11) is 0. The maximum absolute atomic E-state index is 13.3. The molecule has 0 unspecified atom stereocenters. The van der Waals surface area contributed by atoms with Crippen LogP contribution in [0.2, 0.25) is 0 Å². The normalized spacial score (nSPS) is 27.2. The monoisotopic (exact) mass is 330 g/mol. The number of halogens is 1. The summed E-state index contributed by atoms with van der Waals surface area (Å²) in [5.74, 6) is 1.75. The first kappa shape index (κ1) is 15.7. The average Bonchev–Trinajstić information content (AvgIpc) is 3.23. The highest BCUT2D eigenvalue weighted by atomic mass is 19.1. The van der Waals surface area contributed by atoms with Crippen LogP contribution in [0.4, 0.5) is 10.1 Å². The van der Waals surface area contributed by atoms with E-state index in [1.54, 1.807) is 6.07 Å². The van der Waals surface area contributed by atoms with Gasteiger partial charge in [0.1, 0.15) is 17.3 Å². The Bertz CT molecular complexity index is 717. The van der Waals surface area contributed by atoms with Gasteiger partial charge in [-0.1, -0.05) is 6.07 Å². The molecule has 5 heteroatoms. The minimum Gasteiger partial charge on any atom is -0.465 e. The van der Waals surface area contributed by atoms with Crippen LogP contribution in [0.1, 0.15) is 24.4 Å². The fourth-order valence-electron chi connectivity index (χ4n) is 3.89. The number of furan rings is 1. The molecule has 1 aromatic carbocycles. The molecule has 1 N–H and O–H groups in total. The van der Waals surface area contributed by atoms with Crippen molar-refractivity contribution < 1.29 is 13.5 Å². The number of aryl methyl sites for hydroxylation is 1. The Kier molecular flexibility index (Phi) is 4.06. The molecule has 0 bridgehead atoms. The fraction of sp³-hybridized carbons (Fsp3) is 0.474. The number of nitrogens with one attached hydrogen (secondary N) is 1. The Morgan fingerprint density at radius 1 is 1.33 bits per heavy atom. The summed E-state index contributed by atoms with van der Waals surface area (Å²) in [5, 5.41) is 3.40. The maximum atomic E-state index is 13.3. The number of nitrogens with zero attached hydrogens (tertiary/aromatic N) is 1. The predicted molar refractivity (Wildman–Crippen MR) is 90.4 cm³/mol. The van der Waals surface area contributed by atoms with Crippen molar-refractivity contribution in [2.24, 2.45) is 0 Å². The van der Waals surface area contributed by atoms with Gasteiger partial charge in [-0.25, -0.2) is 4.39 Å². The topological polar surface area (TPSA) is 37.6 Å². The first-order chi connectivity index (χ1) is 11.6. The third kappa shape index (κ3) is 3.32. The maximum Gasteiger partial charge on any atom is 0.125 e. The smallest absolute Gasteiger partial charge is 0.125 e. The number of likely N-dealkylation sites (tertiary alicyclic amines) is 1. The van der Waals surface area contributed by atoms with Crippen molar-refractivity contribution in [3.05, 3.63) is 53.7 Å². The standard InChI is InChI=1S/C19H23FN2O2/c1-14-5-6-18(24-14)11-22-8-7-19(13-22)10-17(12-23-19)21-16-4-2-3-15(20)9-16/h2-6,9,17,21H,7-8,10-13H2,1H3/t17-,19-/m0/s1. The van der Waals surface area contributed by atoms with E-state index in [1.165, 1.54) is 12.1 Å². The van der Waals surface area contributed by atoms with E-state index in [-0.39, 0.29) is 17.5 Å². The van der Waals surface area contributed by atoms with Gasteiger partial charge in [-0.3, -0.25) is 4.90 Å². The number of ether oxygens (including phenoxy) is 1. The van der Waals surface area contributed by atoms with E-state index in [0.717, 1.165) is 49.7 Å². The van der Waals surface area contributed by atoms with E-state index < -0.39 is 0 Å². The van der Waals surface area contributed by atoms with E-state index in [1.807, 2.05) is 25.1 Å². The molecule has 24 heavy (non-hydrogen) atoms. The van der Waals surface area contributed by atoms with Gasteiger partial charge in [0.25, 0.3) is 0 Å². The highest BCUT2D eigenvalue weighted by Crippen LogP contribution is 2.36. The molecule has 0 radical (unpaired) electrons. The van der Waals surface area contributed by atoms with Gasteiger partial charge in [0, 0.05) is 25.2 Å². The lowest BCUT2D eigenvalue weighted by molar-refractivity contribution is 0.0115. The second kappa shape index (κ2) is 6.22. The fourth-order valence-corrected chi connectivity index (χ4v) is 3.89. The summed E-state index contributed by atoms with van der Waals surface area (Å²) >= 11 is 0. The first-order valence-electron chi connectivity index (χ1n) is 8.54. The molecule has 1 aromatic heterocycles. The lowest BCUT2D eigenvalue weighted by atomic mass is 9.97. The quantitative estimate of drug-likeness (QED) is 0.930. The summed E-state index contributed by atoms with van der Waals surface area (Å²) < 4.78 is 25.1. The van der Waals surface area contributed by atoms with Crippen LogP contribution in [0.15, 0.2) is 40.8 Å². The van der Waals surface area contributed by atoms with Gasteiger partial charge < -0.3 is 14.5 Å². The Morgan fingerprint density at radius 2 is 2.25 bits per heavy atom. The van der Waals surface area contributed by atoms with Gasteiger partial charge in [0.2, 0.25) is 0 Å². The third-order valence-corrected chi connectivity index (χ3v) is 4.98. The Balaban J connectivity index is 1.34. The number of anilines is 1. The highest BCUT2D eigenvalue weighted by Gasteiger charge is 2.45. The van der Waals surface area contributed by atoms with Crippen molar-refractivity contribution in [1.82, 2.24) is 4.90 Å². The summed E-state index contributed by atoms with van der Waals surface area (Å²) in [6.07, 6.45) is 1.99. The van der Waals surface area contributed by atoms with Crippen molar-refractivity contribution in [1.29, 1.82) is 0 Å². The Hall–Kier alpha value is -1.85. The number of rotatable bonds is 4. The van der Waals surface area contributed by atoms with Crippen molar-refractivity contribution in [2.45, 2.75) is 38.0 Å². The van der Waals surface area contributed by atoms with Crippen LogP contribution < -0.4 is 5.32 Å². The van der Waals surface area contributed by atoms with Crippen LogP contribution in [0.25, 0.3) is 0 Å². The highest BCUT2D eigenvalue weighted by molar-refractivity contribution is 5.44. The molecule has 2 fully saturated rings. The zero-order chi connectivity index (χ0) is 16.6. The first-order valence-corrected chi connectivity index (χ1v) is 8.54. The Labute approximate surface area is 141 Å². The van der Waals surface area contributed by atoms with Gasteiger partial charge in [-0.2, -0.15) is 0 Å². The van der Waals surface area contributed by atoms with Crippen molar-refractivity contribution >= 4 is 5.69 Å². The zero-order valence-electron chi connectivity index (χ0n) is 13.9. The molecular weight excluding hydrogens is 307 g/mol. The molecule has 3 heterocycles. The van der Waals surface area contributed by atoms with Gasteiger partial charge in [-0.15, -0.1) is 0 Å². The largest absolute Gasteiger partial charge is 0.465 e. The van der Waals surface area contributed by atoms with Crippen LogP contribution in [-0.2, 0) is 11.3 Å². The predicted octanol–water partition coefficient (Wildman–Crippen LogP) is 3.57. The van der Waals surface area contributed by atoms with Crippen molar-refractivity contribution in [2.75, 3.05) is 25.0 Å². The molecule has 1 spiro atoms. The van der Waals surface area contributed by atoms with Gasteiger partial charge in [0.05, 0.1) is 24.8 Å². The molecule has 128 valence electrons. The summed E-state index contributed by atoms with van der Waals surface area (Å²) in [5.41, 5.74) is 0.744. The minimum atomic E-state index is -0.214. The second-order valence-electron chi connectivity index (χ2n) is 7.02. The van der Waals surface area contributed by atoms with Crippen LogP contribution in [0, 0.1) is 12.7 Å². The van der Waals surface area contributed by atoms with Gasteiger partial charge in [0.15, 0.2) is 0 Å². The Morgan fingerprint density at radius 3 is 3.04 bits per heavy atom. The van der Waals surface area contributed by atoms with E-state index in [2.05, 4.69) is 10.2 Å². The lowest BCUT2D eigenvalue weighted by Gasteiger charge is -2.23. The molecule has 2 aliphatic heterocycles. The summed E-state index contributed by atoms with van der Waals surface area (Å²) in [4.78, 5) is 2.39. The molecule has 0 aliphatic carbocycles. The van der Waals surface area contributed by atoms with E-state index in [9.17, 15) is 4.39 Å². The van der Waals surface area contributed by atoms with Crippen LogP contribution in [0.5, 0.6) is 0 Å². The minimum absolute atomic E-state index is 0.0768. The van der Waals surface area contributed by atoms with Crippen LogP contribution >= 0.6 is 0 Å². The van der Waals surface area contributed by atoms with E-state index in [0.29, 0.717) is 6.61 Å². The van der Waals surface area contributed by atoms with E-state index >= 15 is 0 Å². The number of hydrogen-bond acceptors (Lipinski definition) is 4.